The number of cyclic esters (lactones) is 1. The molecule has 1 aliphatic heterocycles. The number of ether oxygens (including phenoxy) is 1. The number of benzene rings is 1. The van der Waals surface area contributed by atoms with Crippen LogP contribution in [-0.2, 0) is 4.74 Å². The predicted octanol–water partition coefficient (Wildman–Crippen LogP) is 2.47. The molecular weight excluding hydrogens is 190 g/mol. The second-order valence-corrected chi connectivity index (χ2v) is 3.97. The van der Waals surface area contributed by atoms with Crippen LogP contribution < -0.4 is 5.32 Å². The van der Waals surface area contributed by atoms with Crippen molar-refractivity contribution in [2.75, 3.05) is 6.61 Å². The van der Waals surface area contributed by atoms with E-state index < -0.39 is 0 Å². The van der Waals surface area contributed by atoms with E-state index in [4.69, 9.17) is 4.74 Å². The standard InChI is InChI=1S/C12H15NO2/c1-8-3-4-10(7-9(8)2)11-5-6-15-12(14)13-11/h3-4,7,11H,5-6H2,1-2H3,(H,13,14)/t11-/m1/s1. The Balaban J connectivity index is 2.21. The molecule has 2 rings (SSSR count). The van der Waals surface area contributed by atoms with Crippen molar-refractivity contribution in [2.45, 2.75) is 26.3 Å². The lowest BCUT2D eigenvalue weighted by atomic mass is 9.99. The molecular formula is C12H15NO2. The average Bonchev–Trinajstić information content (AvgIpc) is 2.22. The number of carbonyl (C=O) groups excluding carboxylic acids is 1. The fourth-order valence-electron chi connectivity index (χ4n) is 1.76. The summed E-state index contributed by atoms with van der Waals surface area (Å²) in [4.78, 5) is 11.1. The van der Waals surface area contributed by atoms with Gasteiger partial charge in [0.15, 0.2) is 0 Å². The highest BCUT2D eigenvalue weighted by Crippen LogP contribution is 2.22. The summed E-state index contributed by atoms with van der Waals surface area (Å²) in [5.74, 6) is 0. The Bertz CT molecular complexity index is 387. The highest BCUT2D eigenvalue weighted by Gasteiger charge is 2.20. The SMILES string of the molecule is Cc1ccc([C@H]2CCOC(=O)N2)cc1C. The van der Waals surface area contributed by atoms with E-state index in [0.717, 1.165) is 12.0 Å². The molecule has 0 unspecified atom stereocenters. The highest BCUT2D eigenvalue weighted by atomic mass is 16.5. The van der Waals surface area contributed by atoms with Gasteiger partial charge in [-0.2, -0.15) is 0 Å². The molecule has 1 saturated heterocycles. The lowest BCUT2D eigenvalue weighted by Crippen LogP contribution is -2.35. The van der Waals surface area contributed by atoms with E-state index in [2.05, 4.69) is 37.4 Å². The molecule has 1 fully saturated rings. The van der Waals surface area contributed by atoms with Crippen molar-refractivity contribution < 1.29 is 9.53 Å². The fraction of sp³-hybridized carbons (Fsp3) is 0.417. The second-order valence-electron chi connectivity index (χ2n) is 3.97. The summed E-state index contributed by atoms with van der Waals surface area (Å²) in [6, 6.07) is 6.39. The maximum absolute atomic E-state index is 11.1. The third-order valence-electron chi connectivity index (χ3n) is 2.87. The van der Waals surface area contributed by atoms with Gasteiger partial charge in [-0.1, -0.05) is 18.2 Å². The fourth-order valence-corrected chi connectivity index (χ4v) is 1.76. The highest BCUT2D eigenvalue weighted by molar-refractivity contribution is 5.68. The first-order valence-electron chi connectivity index (χ1n) is 5.17. The summed E-state index contributed by atoms with van der Waals surface area (Å²) >= 11 is 0. The van der Waals surface area contributed by atoms with Crippen molar-refractivity contribution >= 4 is 6.09 Å². The van der Waals surface area contributed by atoms with Crippen LogP contribution in [0.1, 0.15) is 29.2 Å². The van der Waals surface area contributed by atoms with Crippen LogP contribution in [0.2, 0.25) is 0 Å². The van der Waals surface area contributed by atoms with Crippen molar-refractivity contribution in [2.24, 2.45) is 0 Å². The first-order chi connectivity index (χ1) is 7.16. The molecule has 0 bridgehead atoms. The maximum atomic E-state index is 11.1. The molecule has 3 nitrogen and oxygen atoms in total. The zero-order valence-corrected chi connectivity index (χ0v) is 9.04. The Labute approximate surface area is 89.4 Å². The van der Waals surface area contributed by atoms with E-state index in [1.54, 1.807) is 0 Å². The number of amides is 1. The van der Waals surface area contributed by atoms with Gasteiger partial charge >= 0.3 is 6.09 Å². The Morgan fingerprint density at radius 1 is 1.33 bits per heavy atom. The van der Waals surface area contributed by atoms with Gasteiger partial charge in [-0.3, -0.25) is 0 Å². The molecule has 80 valence electrons. The quantitative estimate of drug-likeness (QED) is 0.764. The summed E-state index contributed by atoms with van der Waals surface area (Å²) in [7, 11) is 0. The Morgan fingerprint density at radius 3 is 2.80 bits per heavy atom. The average molecular weight is 205 g/mol. The lowest BCUT2D eigenvalue weighted by Gasteiger charge is -2.24. The van der Waals surface area contributed by atoms with Crippen molar-refractivity contribution in [1.82, 2.24) is 5.32 Å². The maximum Gasteiger partial charge on any atom is 0.407 e. The van der Waals surface area contributed by atoms with Gasteiger partial charge in [-0.25, -0.2) is 4.79 Å². The van der Waals surface area contributed by atoms with Gasteiger partial charge in [0.05, 0.1) is 12.6 Å². The van der Waals surface area contributed by atoms with Gasteiger partial charge in [0.2, 0.25) is 0 Å². The van der Waals surface area contributed by atoms with E-state index in [-0.39, 0.29) is 12.1 Å². The monoisotopic (exact) mass is 205 g/mol. The minimum absolute atomic E-state index is 0.102. The van der Waals surface area contributed by atoms with Crippen LogP contribution in [0.15, 0.2) is 18.2 Å². The smallest absolute Gasteiger partial charge is 0.407 e. The van der Waals surface area contributed by atoms with E-state index in [0.29, 0.717) is 6.61 Å². The molecule has 0 aromatic heterocycles. The van der Waals surface area contributed by atoms with Gasteiger partial charge in [0.25, 0.3) is 0 Å². The summed E-state index contributed by atoms with van der Waals surface area (Å²) in [6.07, 6.45) is 0.526. The minimum Gasteiger partial charge on any atom is -0.449 e. The first kappa shape index (κ1) is 10.0. The van der Waals surface area contributed by atoms with E-state index in [1.165, 1.54) is 11.1 Å². The Hall–Kier alpha value is -1.51. The molecule has 0 saturated carbocycles. The van der Waals surface area contributed by atoms with E-state index in [1.807, 2.05) is 0 Å². The summed E-state index contributed by atoms with van der Waals surface area (Å²) in [6.45, 7) is 4.67. The zero-order valence-electron chi connectivity index (χ0n) is 9.04. The van der Waals surface area contributed by atoms with Gasteiger partial charge < -0.3 is 10.1 Å². The number of hydrogen-bond acceptors (Lipinski definition) is 2. The van der Waals surface area contributed by atoms with Crippen LogP contribution in [0, 0.1) is 13.8 Å². The van der Waals surface area contributed by atoms with Crippen LogP contribution in [0.25, 0.3) is 0 Å². The van der Waals surface area contributed by atoms with Crippen LogP contribution >= 0.6 is 0 Å². The van der Waals surface area contributed by atoms with Gasteiger partial charge in [0, 0.05) is 6.42 Å². The topological polar surface area (TPSA) is 38.3 Å². The van der Waals surface area contributed by atoms with E-state index >= 15 is 0 Å². The third kappa shape index (κ3) is 2.12. The molecule has 0 spiro atoms. The van der Waals surface area contributed by atoms with Crippen LogP contribution in [0.3, 0.4) is 0 Å². The molecule has 1 aromatic rings. The minimum atomic E-state index is -0.315. The van der Waals surface area contributed by atoms with Crippen LogP contribution in [0.4, 0.5) is 4.79 Å². The Kier molecular flexibility index (Phi) is 2.62. The molecule has 3 heteroatoms. The summed E-state index contributed by atoms with van der Waals surface area (Å²) in [5, 5.41) is 2.82. The summed E-state index contributed by atoms with van der Waals surface area (Å²) < 4.78 is 4.83. The lowest BCUT2D eigenvalue weighted by molar-refractivity contribution is 0.115. The number of rotatable bonds is 1. The number of carbonyl (C=O) groups is 1. The van der Waals surface area contributed by atoms with Crippen LogP contribution in [0.5, 0.6) is 0 Å². The molecule has 1 N–H and O–H groups in total. The van der Waals surface area contributed by atoms with Gasteiger partial charge in [-0.15, -0.1) is 0 Å². The molecule has 0 radical (unpaired) electrons. The van der Waals surface area contributed by atoms with E-state index in [9.17, 15) is 4.79 Å². The van der Waals surface area contributed by atoms with Gasteiger partial charge in [0.1, 0.15) is 0 Å². The molecule has 1 aromatic carbocycles. The molecule has 1 amide bonds. The first-order valence-corrected chi connectivity index (χ1v) is 5.17. The molecule has 1 atom stereocenters. The normalized spacial score (nSPS) is 20.7. The molecule has 1 heterocycles. The zero-order chi connectivity index (χ0) is 10.8. The van der Waals surface area contributed by atoms with Crippen LogP contribution in [-0.4, -0.2) is 12.7 Å². The van der Waals surface area contributed by atoms with Crippen molar-refractivity contribution in [3.63, 3.8) is 0 Å². The molecule has 0 aliphatic carbocycles. The van der Waals surface area contributed by atoms with Gasteiger partial charge in [-0.05, 0) is 30.5 Å². The Morgan fingerprint density at radius 2 is 2.13 bits per heavy atom. The molecule has 15 heavy (non-hydrogen) atoms. The second kappa shape index (κ2) is 3.93. The largest absolute Gasteiger partial charge is 0.449 e. The third-order valence-corrected chi connectivity index (χ3v) is 2.87. The number of aryl methyl sites for hydroxylation is 2. The van der Waals surface area contributed by atoms with Crippen molar-refractivity contribution in [3.8, 4) is 0 Å². The molecule has 1 aliphatic rings. The summed E-state index contributed by atoms with van der Waals surface area (Å²) in [5.41, 5.74) is 3.69. The predicted molar refractivity (Wildman–Crippen MR) is 57.8 cm³/mol. The van der Waals surface area contributed by atoms with Crippen molar-refractivity contribution in [1.29, 1.82) is 0 Å². The number of alkyl carbamates (subject to hydrolysis) is 1. The van der Waals surface area contributed by atoms with Crippen molar-refractivity contribution in [3.05, 3.63) is 34.9 Å². The number of hydrogen-bond donors (Lipinski definition) is 1. The number of nitrogens with one attached hydrogen (secondary N) is 1.